The summed E-state index contributed by atoms with van der Waals surface area (Å²) in [4.78, 5) is 11.7. The van der Waals surface area contributed by atoms with E-state index in [0.717, 1.165) is 12.8 Å². The summed E-state index contributed by atoms with van der Waals surface area (Å²) in [6, 6.07) is 0. The molecule has 1 heterocycles. The molecule has 0 atom stereocenters. The van der Waals surface area contributed by atoms with Crippen LogP contribution in [0, 0.1) is 6.42 Å². The molecule has 1 amide bonds. The molecular weight excluding hydrogens is 118 g/mol. The number of hydrogen-bond acceptors (Lipinski definition) is 1. The van der Waals surface area contributed by atoms with E-state index >= 15 is 0 Å². The lowest BCUT2D eigenvalue weighted by molar-refractivity contribution is 0.141. The van der Waals surface area contributed by atoms with Crippen LogP contribution in [-0.4, -0.2) is 29.2 Å². The molecule has 1 fully saturated rings. The van der Waals surface area contributed by atoms with Crippen molar-refractivity contribution in [2.45, 2.75) is 12.8 Å². The van der Waals surface area contributed by atoms with Crippen molar-refractivity contribution >= 4 is 6.09 Å². The number of carboxylic acid groups (broad SMARTS) is 1. The van der Waals surface area contributed by atoms with Crippen LogP contribution in [0.4, 0.5) is 4.79 Å². The van der Waals surface area contributed by atoms with E-state index in [4.69, 9.17) is 5.11 Å². The van der Waals surface area contributed by atoms with Gasteiger partial charge in [-0.25, -0.2) is 4.79 Å². The van der Waals surface area contributed by atoms with Crippen LogP contribution in [-0.2, 0) is 0 Å². The predicted molar refractivity (Wildman–Crippen MR) is 33.1 cm³/mol. The van der Waals surface area contributed by atoms with Gasteiger partial charge in [0, 0.05) is 13.1 Å². The van der Waals surface area contributed by atoms with Crippen molar-refractivity contribution in [1.29, 1.82) is 0 Å². The molecule has 1 rings (SSSR count). The first-order valence-corrected chi connectivity index (χ1v) is 3.10. The van der Waals surface area contributed by atoms with Crippen LogP contribution in [0.25, 0.3) is 0 Å². The van der Waals surface area contributed by atoms with Gasteiger partial charge >= 0.3 is 6.09 Å². The molecule has 1 N–H and O–H groups in total. The predicted octanol–water partition coefficient (Wildman–Crippen LogP) is 0.964. The second kappa shape index (κ2) is 2.71. The molecule has 0 aromatic carbocycles. The van der Waals surface area contributed by atoms with Gasteiger partial charge in [-0.05, 0) is 19.3 Å². The molecule has 1 aliphatic heterocycles. The summed E-state index contributed by atoms with van der Waals surface area (Å²) in [7, 11) is 0. The SMILES string of the molecule is O=C(O)N1CC[CH]CC1. The largest absolute Gasteiger partial charge is 0.465 e. The van der Waals surface area contributed by atoms with E-state index in [1.165, 1.54) is 4.90 Å². The quantitative estimate of drug-likeness (QED) is 0.528. The molecule has 0 unspecified atom stereocenters. The number of nitrogens with zero attached hydrogens (tertiary/aromatic N) is 1. The Morgan fingerprint density at radius 3 is 2.33 bits per heavy atom. The van der Waals surface area contributed by atoms with Gasteiger partial charge in [-0.15, -0.1) is 0 Å². The number of likely N-dealkylation sites (tertiary alicyclic amines) is 1. The van der Waals surface area contributed by atoms with E-state index in [-0.39, 0.29) is 0 Å². The lowest BCUT2D eigenvalue weighted by atomic mass is 10.1. The molecule has 51 valence electrons. The molecular formula is C6H10NO2. The molecule has 3 nitrogen and oxygen atoms in total. The fourth-order valence-corrected chi connectivity index (χ4v) is 0.942. The Hall–Kier alpha value is -0.730. The van der Waals surface area contributed by atoms with Gasteiger partial charge in [-0.1, -0.05) is 0 Å². The fraction of sp³-hybridized carbons (Fsp3) is 0.667. The van der Waals surface area contributed by atoms with Gasteiger partial charge in [0.2, 0.25) is 0 Å². The lowest BCUT2D eigenvalue weighted by Gasteiger charge is -2.22. The van der Waals surface area contributed by atoms with Gasteiger partial charge in [-0.3, -0.25) is 0 Å². The van der Waals surface area contributed by atoms with Crippen LogP contribution >= 0.6 is 0 Å². The summed E-state index contributed by atoms with van der Waals surface area (Å²) < 4.78 is 0. The maximum absolute atomic E-state index is 10.3. The summed E-state index contributed by atoms with van der Waals surface area (Å²) in [6.07, 6.45) is 3.15. The molecule has 0 aliphatic carbocycles. The van der Waals surface area contributed by atoms with E-state index in [2.05, 4.69) is 6.42 Å². The van der Waals surface area contributed by atoms with Crippen molar-refractivity contribution in [3.05, 3.63) is 6.42 Å². The zero-order chi connectivity index (χ0) is 6.69. The summed E-state index contributed by atoms with van der Waals surface area (Å²) in [6.45, 7) is 1.35. The highest BCUT2D eigenvalue weighted by molar-refractivity contribution is 5.65. The van der Waals surface area contributed by atoms with Crippen molar-refractivity contribution in [3.63, 3.8) is 0 Å². The third-order valence-corrected chi connectivity index (χ3v) is 1.48. The van der Waals surface area contributed by atoms with E-state index in [1.54, 1.807) is 0 Å². The highest BCUT2D eigenvalue weighted by Gasteiger charge is 2.13. The average Bonchev–Trinajstić information content (AvgIpc) is 1.90. The van der Waals surface area contributed by atoms with Crippen molar-refractivity contribution < 1.29 is 9.90 Å². The van der Waals surface area contributed by atoms with E-state index in [0.29, 0.717) is 13.1 Å². The number of piperidine rings is 1. The minimum atomic E-state index is -0.789. The van der Waals surface area contributed by atoms with Crippen molar-refractivity contribution in [1.82, 2.24) is 4.90 Å². The highest BCUT2D eigenvalue weighted by atomic mass is 16.4. The summed E-state index contributed by atoms with van der Waals surface area (Å²) >= 11 is 0. The monoisotopic (exact) mass is 128 g/mol. The minimum absolute atomic E-state index is 0.676. The molecule has 9 heavy (non-hydrogen) atoms. The molecule has 1 saturated heterocycles. The van der Waals surface area contributed by atoms with Gasteiger partial charge in [-0.2, -0.15) is 0 Å². The second-order valence-electron chi connectivity index (χ2n) is 2.14. The average molecular weight is 128 g/mol. The normalized spacial score (nSPS) is 19.8. The Balaban J connectivity index is 2.31. The summed E-state index contributed by atoms with van der Waals surface area (Å²) in [5.74, 6) is 0. The molecule has 0 aromatic rings. The zero-order valence-corrected chi connectivity index (χ0v) is 5.21. The van der Waals surface area contributed by atoms with Gasteiger partial charge in [0.05, 0.1) is 0 Å². The Morgan fingerprint density at radius 2 is 2.00 bits per heavy atom. The Bertz CT molecular complexity index is 108. The summed E-state index contributed by atoms with van der Waals surface area (Å²) in [5.41, 5.74) is 0. The lowest BCUT2D eigenvalue weighted by Crippen LogP contribution is -2.34. The number of carbonyl (C=O) groups is 1. The number of amides is 1. The third-order valence-electron chi connectivity index (χ3n) is 1.48. The van der Waals surface area contributed by atoms with Crippen molar-refractivity contribution in [3.8, 4) is 0 Å². The van der Waals surface area contributed by atoms with Crippen molar-refractivity contribution in [2.75, 3.05) is 13.1 Å². The Kier molecular flexibility index (Phi) is 1.92. The standard InChI is InChI=1S/C6H10NO2/c8-6(9)7-4-2-1-3-5-7/h1H,2-5H2,(H,8,9). The molecule has 1 aliphatic rings. The first kappa shape index (κ1) is 6.39. The first-order valence-electron chi connectivity index (χ1n) is 3.10. The Morgan fingerprint density at radius 1 is 1.44 bits per heavy atom. The smallest absolute Gasteiger partial charge is 0.407 e. The van der Waals surface area contributed by atoms with E-state index in [9.17, 15) is 4.79 Å². The molecule has 0 spiro atoms. The molecule has 3 heteroatoms. The zero-order valence-electron chi connectivity index (χ0n) is 5.21. The Labute approximate surface area is 54.3 Å². The van der Waals surface area contributed by atoms with Crippen LogP contribution in [0.2, 0.25) is 0 Å². The summed E-state index contributed by atoms with van der Waals surface area (Å²) in [5, 5.41) is 8.45. The maximum Gasteiger partial charge on any atom is 0.407 e. The highest BCUT2D eigenvalue weighted by Crippen LogP contribution is 2.06. The molecule has 1 radical (unpaired) electrons. The van der Waals surface area contributed by atoms with Gasteiger partial charge < -0.3 is 10.0 Å². The van der Waals surface area contributed by atoms with Gasteiger partial charge in [0.25, 0.3) is 0 Å². The topological polar surface area (TPSA) is 40.5 Å². The molecule has 0 saturated carbocycles. The van der Waals surface area contributed by atoms with Crippen LogP contribution in [0.5, 0.6) is 0 Å². The van der Waals surface area contributed by atoms with Gasteiger partial charge in [0.15, 0.2) is 0 Å². The second-order valence-corrected chi connectivity index (χ2v) is 2.14. The maximum atomic E-state index is 10.3. The van der Waals surface area contributed by atoms with E-state index in [1.807, 2.05) is 0 Å². The van der Waals surface area contributed by atoms with Crippen LogP contribution < -0.4 is 0 Å². The van der Waals surface area contributed by atoms with Crippen LogP contribution in [0.15, 0.2) is 0 Å². The van der Waals surface area contributed by atoms with Gasteiger partial charge in [0.1, 0.15) is 0 Å². The fourth-order valence-electron chi connectivity index (χ4n) is 0.942. The molecule has 0 aromatic heterocycles. The van der Waals surface area contributed by atoms with Crippen LogP contribution in [0.3, 0.4) is 0 Å². The number of hydrogen-bond donors (Lipinski definition) is 1. The first-order chi connectivity index (χ1) is 4.30. The molecule has 0 bridgehead atoms. The third kappa shape index (κ3) is 1.59. The van der Waals surface area contributed by atoms with E-state index < -0.39 is 6.09 Å². The number of rotatable bonds is 0. The van der Waals surface area contributed by atoms with Crippen molar-refractivity contribution in [2.24, 2.45) is 0 Å². The minimum Gasteiger partial charge on any atom is -0.465 e. The van der Waals surface area contributed by atoms with Crippen LogP contribution in [0.1, 0.15) is 12.8 Å².